The van der Waals surface area contributed by atoms with Gasteiger partial charge in [-0.1, -0.05) is 13.0 Å². The van der Waals surface area contributed by atoms with E-state index < -0.39 is 6.04 Å². The predicted molar refractivity (Wildman–Crippen MR) is 236 cm³/mol. The second-order valence-electron chi connectivity index (χ2n) is 18.2. The summed E-state index contributed by atoms with van der Waals surface area (Å²) in [7, 11) is 0. The van der Waals surface area contributed by atoms with Gasteiger partial charge in [-0.2, -0.15) is 10.2 Å². The lowest BCUT2D eigenvalue weighted by Gasteiger charge is -2.41. The summed E-state index contributed by atoms with van der Waals surface area (Å²) in [4.78, 5) is 51.7. The van der Waals surface area contributed by atoms with Gasteiger partial charge in [0.25, 0.3) is 0 Å². The number of carbonyl (C=O) groups excluding carboxylic acids is 3. The molecule has 4 aliphatic rings. The Hall–Kier alpha value is -5.70. The second-order valence-corrected chi connectivity index (χ2v) is 18.2. The zero-order valence-corrected chi connectivity index (χ0v) is 36.0. The molecule has 14 nitrogen and oxygen atoms in total. The van der Waals surface area contributed by atoms with Gasteiger partial charge in [0.1, 0.15) is 17.7 Å². The van der Waals surface area contributed by atoms with Crippen LogP contribution in [-0.2, 0) is 14.4 Å². The first kappa shape index (κ1) is 41.6. The summed E-state index contributed by atoms with van der Waals surface area (Å²) < 4.78 is 19.4. The lowest BCUT2D eigenvalue weighted by Crippen LogP contribution is -2.50. The molecule has 1 aromatic carbocycles. The van der Waals surface area contributed by atoms with Crippen molar-refractivity contribution in [3.8, 4) is 22.5 Å². The molecule has 15 heteroatoms. The summed E-state index contributed by atoms with van der Waals surface area (Å²) >= 11 is 0. The van der Waals surface area contributed by atoms with Gasteiger partial charge in [-0.15, -0.1) is 0 Å². The first-order chi connectivity index (χ1) is 30.1. The molecule has 4 aromatic heterocycles. The number of fused-ring (bicyclic) bond motifs is 1. The molecule has 0 bridgehead atoms. The summed E-state index contributed by atoms with van der Waals surface area (Å²) in [5, 5.41) is 18.0. The number of nitrogens with one attached hydrogen (secondary N) is 3. The monoisotopic (exact) mass is 843 g/mol. The molecule has 3 N–H and O–H groups in total. The fourth-order valence-corrected chi connectivity index (χ4v) is 10.2. The third kappa shape index (κ3) is 8.55. The Morgan fingerprint density at radius 1 is 0.903 bits per heavy atom. The second kappa shape index (κ2) is 17.6. The molecule has 0 spiro atoms. The van der Waals surface area contributed by atoms with E-state index in [4.69, 9.17) is 15.1 Å². The number of anilines is 2. The van der Waals surface area contributed by atoms with Crippen LogP contribution in [-0.4, -0.2) is 96.3 Å². The van der Waals surface area contributed by atoms with E-state index in [1.54, 1.807) is 6.20 Å². The van der Waals surface area contributed by atoms with Crippen LogP contribution in [0.15, 0.2) is 67.4 Å². The number of benzene rings is 1. The summed E-state index contributed by atoms with van der Waals surface area (Å²) in [5.41, 5.74) is 5.34. The predicted octanol–water partition coefficient (Wildman–Crippen LogP) is 6.90. The summed E-state index contributed by atoms with van der Waals surface area (Å²) in [5.74, 6) is 0.357. The highest BCUT2D eigenvalue weighted by Gasteiger charge is 2.40. The maximum absolute atomic E-state index is 15.4. The SMILES string of the molecule is CCC1(C(=O)NC(C)C)CCN(c2ccc(-c3nc(-c4cnn(C5CCC(N6CCC(c7ccc(NC8CCC(=O)NC8=O)cc7F)CC6)CC5)c4)cn4nccc34)cn2)CC1. The molecule has 326 valence electrons. The Balaban J connectivity index is 0.793. The summed E-state index contributed by atoms with van der Waals surface area (Å²) in [6, 6.07) is 11.7. The van der Waals surface area contributed by atoms with E-state index in [0.717, 1.165) is 123 Å². The third-order valence-electron chi connectivity index (χ3n) is 14.0. The van der Waals surface area contributed by atoms with Crippen LogP contribution in [0.2, 0.25) is 0 Å². The van der Waals surface area contributed by atoms with Crippen LogP contribution in [0.1, 0.15) is 109 Å². The molecule has 1 unspecified atom stereocenters. The Morgan fingerprint density at radius 2 is 1.68 bits per heavy atom. The van der Waals surface area contributed by atoms with Crippen molar-refractivity contribution < 1.29 is 18.8 Å². The Morgan fingerprint density at radius 3 is 2.37 bits per heavy atom. The zero-order valence-electron chi connectivity index (χ0n) is 36.0. The van der Waals surface area contributed by atoms with Gasteiger partial charge in [0, 0.05) is 60.8 Å². The van der Waals surface area contributed by atoms with E-state index >= 15 is 4.39 Å². The molecule has 5 aromatic rings. The number of halogens is 1. The molecular weight excluding hydrogens is 786 g/mol. The van der Waals surface area contributed by atoms with E-state index in [0.29, 0.717) is 24.2 Å². The van der Waals surface area contributed by atoms with Gasteiger partial charge < -0.3 is 20.4 Å². The standard InChI is InChI=1S/C47H58FN11O3/c1-4-47(46(62)52-30(2)3)18-23-57(24-19-47)42-13-5-32(26-49-42)44-41-15-20-50-59(41)29-40(54-44)33-27-51-58(28-33)36-9-7-35(8-10-36)56-21-16-31(17-22-56)37-11-6-34(25-38(37)48)53-39-12-14-43(60)55-45(39)61/h5-6,11,13,15,20,25-31,35-36,39,53H,4,7-10,12,14,16-19,21-24H2,1-3H3,(H,52,62)(H,55,60,61). The van der Waals surface area contributed by atoms with Crippen molar-refractivity contribution in [3.63, 3.8) is 0 Å². The van der Waals surface area contributed by atoms with Crippen LogP contribution in [0.5, 0.6) is 0 Å². The smallest absolute Gasteiger partial charge is 0.249 e. The summed E-state index contributed by atoms with van der Waals surface area (Å²) in [6.07, 6.45) is 18.9. The molecule has 3 amide bonds. The molecule has 1 saturated carbocycles. The van der Waals surface area contributed by atoms with Gasteiger partial charge in [0.15, 0.2) is 0 Å². The minimum Gasteiger partial charge on any atom is -0.374 e. The van der Waals surface area contributed by atoms with Crippen molar-refractivity contribution in [2.24, 2.45) is 5.41 Å². The van der Waals surface area contributed by atoms with Crippen LogP contribution in [0.4, 0.5) is 15.9 Å². The Bertz CT molecular complexity index is 2400. The molecule has 1 atom stereocenters. The maximum Gasteiger partial charge on any atom is 0.249 e. The number of hydrogen-bond acceptors (Lipinski definition) is 10. The van der Waals surface area contributed by atoms with E-state index in [1.807, 2.05) is 55.2 Å². The highest BCUT2D eigenvalue weighted by atomic mass is 19.1. The lowest BCUT2D eigenvalue weighted by atomic mass is 9.75. The molecule has 9 rings (SSSR count). The Kier molecular flexibility index (Phi) is 11.8. The van der Waals surface area contributed by atoms with Crippen LogP contribution < -0.4 is 20.9 Å². The van der Waals surface area contributed by atoms with Crippen LogP contribution >= 0.6 is 0 Å². The quantitative estimate of drug-likeness (QED) is 0.120. The van der Waals surface area contributed by atoms with Gasteiger partial charge >= 0.3 is 0 Å². The minimum absolute atomic E-state index is 0.130. The van der Waals surface area contributed by atoms with Crippen molar-refractivity contribution in [2.75, 3.05) is 36.4 Å². The molecular formula is C47H58FN11O3. The number of pyridine rings is 1. The molecule has 1 aliphatic carbocycles. The van der Waals surface area contributed by atoms with E-state index in [1.165, 1.54) is 6.07 Å². The van der Waals surface area contributed by atoms with Gasteiger partial charge in [-0.05, 0) is 133 Å². The van der Waals surface area contributed by atoms with Crippen molar-refractivity contribution in [1.29, 1.82) is 0 Å². The average Bonchev–Trinajstić information content (AvgIpc) is 3.98. The molecule has 62 heavy (non-hydrogen) atoms. The average molecular weight is 844 g/mol. The lowest BCUT2D eigenvalue weighted by molar-refractivity contribution is -0.134. The van der Waals surface area contributed by atoms with Crippen molar-refractivity contribution in [3.05, 3.63) is 78.8 Å². The normalized spacial score (nSPS) is 22.5. The van der Waals surface area contributed by atoms with E-state index in [9.17, 15) is 14.4 Å². The number of piperidine rings is 3. The number of nitrogens with zero attached hydrogens (tertiary/aromatic N) is 8. The number of amides is 3. The molecule has 4 fully saturated rings. The maximum atomic E-state index is 15.4. The van der Waals surface area contributed by atoms with E-state index in [-0.39, 0.29) is 47.3 Å². The minimum atomic E-state index is -0.537. The number of carbonyl (C=O) groups is 3. The van der Waals surface area contributed by atoms with Crippen LogP contribution in [0, 0.1) is 11.2 Å². The molecule has 0 radical (unpaired) electrons. The number of rotatable bonds is 11. The topological polar surface area (TPSA) is 155 Å². The van der Waals surface area contributed by atoms with Gasteiger partial charge in [0.05, 0.1) is 47.0 Å². The molecule has 3 aliphatic heterocycles. The van der Waals surface area contributed by atoms with Crippen LogP contribution in [0.3, 0.4) is 0 Å². The largest absolute Gasteiger partial charge is 0.374 e. The summed E-state index contributed by atoms with van der Waals surface area (Å²) in [6.45, 7) is 9.60. The van der Waals surface area contributed by atoms with Crippen molar-refractivity contribution in [1.82, 2.24) is 44.9 Å². The first-order valence-electron chi connectivity index (χ1n) is 22.6. The number of imide groups is 1. The fraction of sp³-hybridized carbons (Fsp3) is 0.511. The molecule has 7 heterocycles. The highest BCUT2D eigenvalue weighted by molar-refractivity contribution is 6.01. The number of hydrogen-bond donors (Lipinski definition) is 3. The van der Waals surface area contributed by atoms with Crippen molar-refractivity contribution >= 4 is 34.7 Å². The third-order valence-corrected chi connectivity index (χ3v) is 14.0. The zero-order chi connectivity index (χ0) is 43.0. The van der Waals surface area contributed by atoms with Crippen molar-refractivity contribution in [2.45, 2.75) is 121 Å². The highest BCUT2D eigenvalue weighted by Crippen LogP contribution is 2.39. The Labute approximate surface area is 362 Å². The number of likely N-dealkylation sites (tertiary alicyclic amines) is 1. The fourth-order valence-electron chi connectivity index (χ4n) is 10.2. The van der Waals surface area contributed by atoms with Gasteiger partial charge in [-0.3, -0.25) is 24.4 Å². The van der Waals surface area contributed by atoms with Crippen LogP contribution in [0.25, 0.3) is 28.0 Å². The first-order valence-corrected chi connectivity index (χ1v) is 22.6. The van der Waals surface area contributed by atoms with Gasteiger partial charge in [0.2, 0.25) is 17.7 Å². The van der Waals surface area contributed by atoms with E-state index in [2.05, 4.69) is 60.8 Å². The van der Waals surface area contributed by atoms with Gasteiger partial charge in [-0.25, -0.2) is 18.9 Å². The number of aromatic nitrogens is 6. The molecule has 3 saturated heterocycles.